The number of thioether (sulfide) groups is 1. The molecule has 2 aliphatic rings. The standard InChI is InChI=1S/C35H32BrN3O5S/c1-2-43-30-20-24(19-29(36)33(30)44-23-26-11-8-10-25-9-6-7-14-28(25)26)21-31-34(41)39(35(42)45-31)22-32(40)38-17-15-37(16-18-38)27-12-4-3-5-13-27/h3-14,19-21H,2,15-18,22-23H2,1H3/b31-21+. The molecule has 2 saturated heterocycles. The SMILES string of the molecule is CCOc1cc(/C=C2/SC(=O)N(CC(=O)N3CCN(c4ccccc4)CC3)C2=O)cc(Br)c1OCc1cccc2ccccc12. The quantitative estimate of drug-likeness (QED) is 0.176. The van der Waals surface area contributed by atoms with Gasteiger partial charge in [-0.1, -0.05) is 60.7 Å². The van der Waals surface area contributed by atoms with Crippen LogP contribution in [0.2, 0.25) is 0 Å². The van der Waals surface area contributed by atoms with E-state index in [4.69, 9.17) is 9.47 Å². The second-order valence-corrected chi connectivity index (χ2v) is 12.5. The Morgan fingerprint density at radius 1 is 0.911 bits per heavy atom. The molecule has 0 bridgehead atoms. The van der Waals surface area contributed by atoms with Crippen molar-refractivity contribution in [2.45, 2.75) is 13.5 Å². The number of amides is 3. The Labute approximate surface area is 274 Å². The van der Waals surface area contributed by atoms with E-state index in [-0.39, 0.29) is 17.4 Å². The molecule has 0 radical (unpaired) electrons. The summed E-state index contributed by atoms with van der Waals surface area (Å²) in [5.74, 6) is 0.349. The van der Waals surface area contributed by atoms with Crippen LogP contribution < -0.4 is 14.4 Å². The number of piperazine rings is 1. The molecule has 10 heteroatoms. The highest BCUT2D eigenvalue weighted by molar-refractivity contribution is 9.10. The highest BCUT2D eigenvalue weighted by atomic mass is 79.9. The second-order valence-electron chi connectivity index (χ2n) is 10.7. The third kappa shape index (κ3) is 6.87. The number of fused-ring (bicyclic) bond motifs is 1. The van der Waals surface area contributed by atoms with E-state index in [0.29, 0.717) is 60.9 Å². The predicted octanol–water partition coefficient (Wildman–Crippen LogP) is 6.97. The minimum atomic E-state index is -0.480. The number of halogens is 1. The number of anilines is 1. The van der Waals surface area contributed by atoms with Crippen LogP contribution in [0, 0.1) is 0 Å². The number of benzene rings is 4. The van der Waals surface area contributed by atoms with Gasteiger partial charge in [0.1, 0.15) is 13.2 Å². The third-order valence-corrected chi connectivity index (χ3v) is 9.30. The molecule has 6 rings (SSSR count). The molecule has 0 saturated carbocycles. The minimum Gasteiger partial charge on any atom is -0.490 e. The Kier molecular flexibility index (Phi) is 9.42. The van der Waals surface area contributed by atoms with Crippen molar-refractivity contribution in [3.8, 4) is 11.5 Å². The number of nitrogens with zero attached hydrogens (tertiary/aromatic N) is 3. The first-order valence-corrected chi connectivity index (χ1v) is 16.4. The van der Waals surface area contributed by atoms with Crippen LogP contribution in [0.5, 0.6) is 11.5 Å². The highest BCUT2D eigenvalue weighted by Gasteiger charge is 2.37. The number of imide groups is 1. The first-order chi connectivity index (χ1) is 21.9. The minimum absolute atomic E-state index is 0.236. The van der Waals surface area contributed by atoms with Crippen LogP contribution in [0.4, 0.5) is 10.5 Å². The summed E-state index contributed by atoms with van der Waals surface area (Å²) in [7, 11) is 0. The molecule has 0 aliphatic carbocycles. The van der Waals surface area contributed by atoms with Crippen molar-refractivity contribution in [2.24, 2.45) is 0 Å². The maximum atomic E-state index is 13.3. The Hall–Kier alpha value is -4.28. The Bertz CT molecular complexity index is 1770. The zero-order valence-electron chi connectivity index (χ0n) is 24.8. The van der Waals surface area contributed by atoms with Crippen molar-refractivity contribution in [3.05, 3.63) is 105 Å². The molecule has 0 unspecified atom stereocenters. The van der Waals surface area contributed by atoms with Crippen molar-refractivity contribution in [3.63, 3.8) is 0 Å². The van der Waals surface area contributed by atoms with Gasteiger partial charge in [-0.3, -0.25) is 19.3 Å². The largest absolute Gasteiger partial charge is 0.490 e. The van der Waals surface area contributed by atoms with E-state index in [1.807, 2.05) is 67.6 Å². The van der Waals surface area contributed by atoms with Crippen LogP contribution in [-0.2, 0) is 16.2 Å². The Morgan fingerprint density at radius 3 is 2.42 bits per heavy atom. The molecule has 4 aromatic rings. The number of para-hydroxylation sites is 1. The molecule has 8 nitrogen and oxygen atoms in total. The first kappa shape index (κ1) is 30.7. The molecular formula is C35H32BrN3O5S. The number of carbonyl (C=O) groups excluding carboxylic acids is 3. The van der Waals surface area contributed by atoms with E-state index in [1.54, 1.807) is 17.0 Å². The topological polar surface area (TPSA) is 79.4 Å². The van der Waals surface area contributed by atoms with E-state index >= 15 is 0 Å². The van der Waals surface area contributed by atoms with Gasteiger partial charge in [0.2, 0.25) is 5.91 Å². The van der Waals surface area contributed by atoms with Gasteiger partial charge >= 0.3 is 0 Å². The molecule has 2 fully saturated rings. The van der Waals surface area contributed by atoms with E-state index in [0.717, 1.165) is 38.7 Å². The summed E-state index contributed by atoms with van der Waals surface area (Å²) in [5, 5.41) is 1.80. The van der Waals surface area contributed by atoms with Crippen LogP contribution >= 0.6 is 27.7 Å². The van der Waals surface area contributed by atoms with Gasteiger partial charge in [0, 0.05) is 31.9 Å². The zero-order chi connectivity index (χ0) is 31.3. The maximum Gasteiger partial charge on any atom is 0.294 e. The van der Waals surface area contributed by atoms with E-state index in [1.165, 1.54) is 0 Å². The maximum absolute atomic E-state index is 13.3. The van der Waals surface area contributed by atoms with Crippen molar-refractivity contribution in [2.75, 3.05) is 44.2 Å². The molecule has 230 valence electrons. The van der Waals surface area contributed by atoms with Gasteiger partial charge in [-0.2, -0.15) is 0 Å². The molecule has 0 spiro atoms. The summed E-state index contributed by atoms with van der Waals surface area (Å²) < 4.78 is 12.8. The monoisotopic (exact) mass is 685 g/mol. The summed E-state index contributed by atoms with van der Waals surface area (Å²) in [6.45, 7) is 4.81. The van der Waals surface area contributed by atoms with E-state index in [2.05, 4.69) is 39.0 Å². The molecule has 2 aliphatic heterocycles. The van der Waals surface area contributed by atoms with Crippen molar-refractivity contribution in [1.82, 2.24) is 9.80 Å². The Balaban J connectivity index is 1.13. The summed E-state index contributed by atoms with van der Waals surface area (Å²) in [4.78, 5) is 44.4. The lowest BCUT2D eigenvalue weighted by atomic mass is 10.1. The lowest BCUT2D eigenvalue weighted by molar-refractivity contribution is -0.136. The van der Waals surface area contributed by atoms with E-state index in [9.17, 15) is 14.4 Å². The van der Waals surface area contributed by atoms with Gasteiger partial charge < -0.3 is 19.3 Å². The predicted molar refractivity (Wildman–Crippen MR) is 182 cm³/mol. The van der Waals surface area contributed by atoms with Crippen LogP contribution in [0.25, 0.3) is 16.8 Å². The smallest absolute Gasteiger partial charge is 0.294 e. The fraction of sp³-hybridized carbons (Fsp3) is 0.229. The van der Waals surface area contributed by atoms with Crippen molar-refractivity contribution < 1.29 is 23.9 Å². The number of hydrogen-bond donors (Lipinski definition) is 0. The lowest BCUT2D eigenvalue weighted by Crippen LogP contribution is -2.51. The molecule has 3 amide bonds. The van der Waals surface area contributed by atoms with Gasteiger partial charge in [0.25, 0.3) is 11.1 Å². The van der Waals surface area contributed by atoms with Crippen LogP contribution in [0.3, 0.4) is 0 Å². The van der Waals surface area contributed by atoms with Crippen molar-refractivity contribution in [1.29, 1.82) is 0 Å². The number of carbonyl (C=O) groups is 3. The molecule has 0 atom stereocenters. The Morgan fingerprint density at radius 2 is 1.64 bits per heavy atom. The van der Waals surface area contributed by atoms with Gasteiger partial charge in [-0.05, 0) is 86.9 Å². The van der Waals surface area contributed by atoms with Crippen molar-refractivity contribution >= 4 is 67.3 Å². The number of rotatable bonds is 9. The van der Waals surface area contributed by atoms with Crippen LogP contribution in [-0.4, -0.2) is 66.2 Å². The lowest BCUT2D eigenvalue weighted by Gasteiger charge is -2.36. The molecule has 2 heterocycles. The summed E-state index contributed by atoms with van der Waals surface area (Å²) in [6, 6.07) is 27.9. The average molecular weight is 687 g/mol. The van der Waals surface area contributed by atoms with E-state index < -0.39 is 11.1 Å². The zero-order valence-corrected chi connectivity index (χ0v) is 27.2. The summed E-state index contributed by atoms with van der Waals surface area (Å²) in [6.07, 6.45) is 1.65. The molecule has 0 aromatic heterocycles. The molecule has 0 N–H and O–H groups in total. The normalized spacial score (nSPS) is 16.1. The van der Waals surface area contributed by atoms with Gasteiger partial charge in [0.05, 0.1) is 16.0 Å². The van der Waals surface area contributed by atoms with Crippen LogP contribution in [0.1, 0.15) is 18.1 Å². The fourth-order valence-corrected chi connectivity index (χ4v) is 6.93. The molecule has 45 heavy (non-hydrogen) atoms. The van der Waals surface area contributed by atoms with Gasteiger partial charge in [-0.15, -0.1) is 0 Å². The third-order valence-electron chi connectivity index (χ3n) is 7.80. The molecule has 4 aromatic carbocycles. The number of ether oxygens (including phenoxy) is 2. The summed E-state index contributed by atoms with van der Waals surface area (Å²) in [5.41, 5.74) is 2.83. The highest BCUT2D eigenvalue weighted by Crippen LogP contribution is 2.40. The number of hydrogen-bond acceptors (Lipinski definition) is 7. The first-order valence-electron chi connectivity index (χ1n) is 14.8. The van der Waals surface area contributed by atoms with Gasteiger partial charge in [0.15, 0.2) is 11.5 Å². The average Bonchev–Trinajstić information content (AvgIpc) is 3.32. The van der Waals surface area contributed by atoms with Gasteiger partial charge in [-0.25, -0.2) is 0 Å². The fourth-order valence-electron chi connectivity index (χ4n) is 5.52. The molecular weight excluding hydrogens is 654 g/mol. The summed E-state index contributed by atoms with van der Waals surface area (Å²) >= 11 is 4.45. The second kappa shape index (κ2) is 13.8. The van der Waals surface area contributed by atoms with Crippen LogP contribution in [0.15, 0.2) is 94.3 Å².